The molecule has 1 saturated carbocycles. The van der Waals surface area contributed by atoms with Crippen LogP contribution in [0.5, 0.6) is 0 Å². The first-order chi connectivity index (χ1) is 17.6. The van der Waals surface area contributed by atoms with Crippen LogP contribution in [0.15, 0.2) is 30.3 Å². The van der Waals surface area contributed by atoms with Gasteiger partial charge in [0.1, 0.15) is 12.6 Å². The van der Waals surface area contributed by atoms with E-state index in [1.807, 2.05) is 11.8 Å². The Bertz CT molecular complexity index is 1170. The zero-order valence-corrected chi connectivity index (χ0v) is 21.5. The van der Waals surface area contributed by atoms with Crippen molar-refractivity contribution in [1.82, 2.24) is 10.2 Å². The van der Waals surface area contributed by atoms with Crippen LogP contribution in [0.1, 0.15) is 35.0 Å². The van der Waals surface area contributed by atoms with E-state index in [9.17, 15) is 27.6 Å². The molecular weight excluding hydrogens is 533 g/mol. The summed E-state index contributed by atoms with van der Waals surface area (Å²) in [6.07, 6.45) is -2.97. The summed E-state index contributed by atoms with van der Waals surface area (Å²) in [7, 11) is 0. The van der Waals surface area contributed by atoms with Gasteiger partial charge >= 0.3 is 6.18 Å². The molecule has 200 valence electrons. The molecule has 37 heavy (non-hydrogen) atoms. The lowest BCUT2D eigenvalue weighted by molar-refractivity contribution is -0.137. The fourth-order valence-corrected chi connectivity index (χ4v) is 5.25. The van der Waals surface area contributed by atoms with E-state index in [1.54, 1.807) is 12.1 Å². The highest BCUT2D eigenvalue weighted by Crippen LogP contribution is 2.39. The maximum Gasteiger partial charge on any atom is 0.418 e. The molecule has 8 nitrogen and oxygen atoms in total. The Morgan fingerprint density at radius 2 is 2.03 bits per heavy atom. The highest BCUT2D eigenvalue weighted by molar-refractivity contribution is 7.18. The van der Waals surface area contributed by atoms with Crippen LogP contribution in [0.2, 0.25) is 4.34 Å². The van der Waals surface area contributed by atoms with Gasteiger partial charge in [-0.1, -0.05) is 18.5 Å². The zero-order chi connectivity index (χ0) is 26.7. The van der Waals surface area contributed by atoms with Gasteiger partial charge in [0.2, 0.25) is 5.91 Å². The second kappa shape index (κ2) is 11.4. The number of thiophene rings is 1. The van der Waals surface area contributed by atoms with Gasteiger partial charge in [0.25, 0.3) is 11.8 Å². The average Bonchev–Trinajstić information content (AvgIpc) is 3.60. The lowest BCUT2D eigenvalue weighted by Crippen LogP contribution is -2.51. The van der Waals surface area contributed by atoms with Gasteiger partial charge in [-0.25, -0.2) is 0 Å². The standard InChI is InChI=1S/C24H26ClF3N4O4S/c1-2-31(15-4-5-15)18(12-29-23(35)19-7-8-20(25)37-19)22(34)30-14-3-6-17(16(11-14)24(26,27)28)32-9-10-36-13-21(32)33/h3,6-8,11,15,18H,2,4-5,9-10,12-13H2,1H3,(H,29,35)(H,30,34)/t18-/m0/s1. The molecule has 1 atom stereocenters. The smallest absolute Gasteiger partial charge is 0.370 e. The van der Waals surface area contributed by atoms with Crippen molar-refractivity contribution in [3.8, 4) is 0 Å². The third-order valence-corrected chi connectivity index (χ3v) is 7.41. The largest absolute Gasteiger partial charge is 0.418 e. The third kappa shape index (κ3) is 6.61. The maximum atomic E-state index is 13.9. The van der Waals surface area contributed by atoms with Gasteiger partial charge in [0.15, 0.2) is 0 Å². The summed E-state index contributed by atoms with van der Waals surface area (Å²) < 4.78 is 47.3. The van der Waals surface area contributed by atoms with E-state index in [2.05, 4.69) is 10.6 Å². The minimum absolute atomic E-state index is 0.00229. The lowest BCUT2D eigenvalue weighted by Gasteiger charge is -2.31. The Labute approximate surface area is 220 Å². The summed E-state index contributed by atoms with van der Waals surface area (Å²) in [5.74, 6) is -1.50. The number of ether oxygens (including phenoxy) is 1. The van der Waals surface area contributed by atoms with Crippen LogP contribution in [0.3, 0.4) is 0 Å². The number of hydrogen-bond acceptors (Lipinski definition) is 6. The summed E-state index contributed by atoms with van der Waals surface area (Å²) in [5.41, 5.74) is -1.38. The van der Waals surface area contributed by atoms with Crippen LogP contribution < -0.4 is 15.5 Å². The Morgan fingerprint density at radius 1 is 1.27 bits per heavy atom. The Hall–Kier alpha value is -2.67. The first kappa shape index (κ1) is 27.4. The van der Waals surface area contributed by atoms with Gasteiger partial charge in [-0.2, -0.15) is 13.2 Å². The van der Waals surface area contributed by atoms with Gasteiger partial charge in [-0.3, -0.25) is 19.3 Å². The molecule has 0 unspecified atom stereocenters. The fraction of sp³-hybridized carbons (Fsp3) is 0.458. The van der Waals surface area contributed by atoms with E-state index in [0.717, 1.165) is 35.1 Å². The van der Waals surface area contributed by atoms with Gasteiger partial charge in [0.05, 0.1) is 27.1 Å². The van der Waals surface area contributed by atoms with Crippen molar-refractivity contribution in [1.29, 1.82) is 0 Å². The summed E-state index contributed by atoms with van der Waals surface area (Å²) in [4.78, 5) is 41.4. The molecule has 2 fully saturated rings. The molecule has 2 heterocycles. The number of nitrogens with zero attached hydrogens (tertiary/aromatic N) is 2. The maximum absolute atomic E-state index is 13.9. The number of likely N-dealkylation sites (N-methyl/N-ethyl adjacent to an activating group) is 1. The number of nitrogens with one attached hydrogen (secondary N) is 2. The van der Waals surface area contributed by atoms with E-state index < -0.39 is 29.6 Å². The number of anilines is 2. The molecule has 13 heteroatoms. The molecule has 4 rings (SSSR count). The van der Waals surface area contributed by atoms with Crippen molar-refractivity contribution in [3.63, 3.8) is 0 Å². The molecule has 2 aromatic rings. The second-order valence-corrected chi connectivity index (χ2v) is 10.4. The fourth-order valence-electron chi connectivity index (χ4n) is 4.29. The molecule has 0 radical (unpaired) electrons. The van der Waals surface area contributed by atoms with Crippen molar-refractivity contribution >= 4 is 52.0 Å². The van der Waals surface area contributed by atoms with Crippen molar-refractivity contribution in [2.24, 2.45) is 0 Å². The van der Waals surface area contributed by atoms with E-state index in [0.29, 0.717) is 15.8 Å². The number of carbonyl (C=O) groups excluding carboxylic acids is 3. The molecule has 3 amide bonds. The second-order valence-electron chi connectivity index (χ2n) is 8.71. The predicted molar refractivity (Wildman–Crippen MR) is 134 cm³/mol. The monoisotopic (exact) mass is 558 g/mol. The molecule has 0 bridgehead atoms. The predicted octanol–water partition coefficient (Wildman–Crippen LogP) is 4.00. The van der Waals surface area contributed by atoms with E-state index >= 15 is 0 Å². The average molecular weight is 559 g/mol. The van der Waals surface area contributed by atoms with E-state index in [1.165, 1.54) is 12.1 Å². The minimum Gasteiger partial charge on any atom is -0.370 e. The number of morpholine rings is 1. The van der Waals surface area contributed by atoms with Crippen LogP contribution in [-0.2, 0) is 20.5 Å². The van der Waals surface area contributed by atoms with Crippen LogP contribution in [0, 0.1) is 0 Å². The lowest BCUT2D eigenvalue weighted by atomic mass is 10.1. The van der Waals surface area contributed by atoms with Crippen LogP contribution in [0.25, 0.3) is 0 Å². The van der Waals surface area contributed by atoms with Gasteiger partial charge in [-0.15, -0.1) is 11.3 Å². The molecule has 1 aliphatic carbocycles. The molecule has 1 aliphatic heterocycles. The van der Waals surface area contributed by atoms with Crippen molar-refractivity contribution < 1.29 is 32.3 Å². The summed E-state index contributed by atoms with van der Waals surface area (Å²) in [6, 6.07) is 5.88. The molecule has 2 aliphatic rings. The molecule has 2 N–H and O–H groups in total. The molecule has 1 aromatic carbocycles. The Morgan fingerprint density at radius 3 is 2.62 bits per heavy atom. The van der Waals surface area contributed by atoms with Crippen LogP contribution in [-0.4, -0.2) is 67.6 Å². The van der Waals surface area contributed by atoms with Crippen molar-refractivity contribution in [2.75, 3.05) is 43.1 Å². The summed E-state index contributed by atoms with van der Waals surface area (Å²) >= 11 is 7.01. The van der Waals surface area contributed by atoms with E-state index in [-0.39, 0.29) is 49.6 Å². The summed E-state index contributed by atoms with van der Waals surface area (Å²) in [6.45, 7) is 2.20. The van der Waals surface area contributed by atoms with Crippen LogP contribution in [0.4, 0.5) is 24.5 Å². The molecule has 1 aromatic heterocycles. The van der Waals surface area contributed by atoms with Gasteiger partial charge in [-0.05, 0) is 49.7 Å². The molecular formula is C24H26ClF3N4O4S. The Kier molecular flexibility index (Phi) is 8.42. The number of hydrogen-bond donors (Lipinski definition) is 2. The quantitative estimate of drug-likeness (QED) is 0.485. The normalized spacial score (nSPS) is 17.1. The molecule has 1 saturated heterocycles. The number of carbonyl (C=O) groups is 3. The number of alkyl halides is 3. The van der Waals surface area contributed by atoms with Gasteiger partial charge in [0, 0.05) is 24.8 Å². The number of halogens is 4. The third-order valence-electron chi connectivity index (χ3n) is 6.18. The summed E-state index contributed by atoms with van der Waals surface area (Å²) in [5, 5.41) is 5.33. The first-order valence-corrected chi connectivity index (χ1v) is 13.0. The number of amides is 3. The number of benzene rings is 1. The van der Waals surface area contributed by atoms with Crippen LogP contribution >= 0.6 is 22.9 Å². The van der Waals surface area contributed by atoms with Crippen molar-refractivity contribution in [2.45, 2.75) is 38.0 Å². The SMILES string of the molecule is CCN(C1CC1)[C@@H](CNC(=O)c1ccc(Cl)s1)C(=O)Nc1ccc(N2CCOCC2=O)c(C(F)(F)F)c1. The Balaban J connectivity index is 1.54. The van der Waals surface area contributed by atoms with E-state index in [4.69, 9.17) is 16.3 Å². The molecule has 0 spiro atoms. The minimum atomic E-state index is -4.76. The van der Waals surface area contributed by atoms with Gasteiger partial charge < -0.3 is 20.3 Å². The van der Waals surface area contributed by atoms with Crippen molar-refractivity contribution in [3.05, 3.63) is 45.1 Å². The number of rotatable bonds is 9. The highest BCUT2D eigenvalue weighted by atomic mass is 35.5. The zero-order valence-electron chi connectivity index (χ0n) is 19.9. The topological polar surface area (TPSA) is 91.0 Å². The first-order valence-electron chi connectivity index (χ1n) is 11.8. The highest BCUT2D eigenvalue weighted by Gasteiger charge is 2.39.